The Morgan fingerprint density at radius 3 is 2.88 bits per heavy atom. The van der Waals surface area contributed by atoms with Crippen molar-refractivity contribution in [2.75, 3.05) is 47.6 Å². The van der Waals surface area contributed by atoms with Gasteiger partial charge in [0.2, 0.25) is 5.91 Å². The highest BCUT2D eigenvalue weighted by Crippen LogP contribution is 2.29. The van der Waals surface area contributed by atoms with E-state index < -0.39 is 0 Å². The number of likely N-dealkylation sites (N-methyl/N-ethyl adjacent to an activating group) is 1. The Morgan fingerprint density at radius 1 is 1.29 bits per heavy atom. The lowest BCUT2D eigenvalue weighted by Crippen LogP contribution is -2.52. The van der Waals surface area contributed by atoms with Gasteiger partial charge in [0.05, 0.1) is 20.8 Å². The molecule has 2 heterocycles. The van der Waals surface area contributed by atoms with Crippen molar-refractivity contribution in [3.63, 3.8) is 0 Å². The minimum Gasteiger partial charge on any atom is -0.497 e. The number of rotatable bonds is 4. The quantitative estimate of drug-likeness (QED) is 0.833. The molecule has 2 fully saturated rings. The summed E-state index contributed by atoms with van der Waals surface area (Å²) in [6.45, 7) is 3.51. The Hall–Kier alpha value is -1.79. The Labute approximate surface area is 143 Å². The minimum atomic E-state index is 0.0725. The van der Waals surface area contributed by atoms with Gasteiger partial charge in [-0.2, -0.15) is 0 Å². The molecule has 0 spiro atoms. The van der Waals surface area contributed by atoms with Gasteiger partial charge < -0.3 is 19.1 Å². The van der Waals surface area contributed by atoms with Crippen molar-refractivity contribution in [3.8, 4) is 11.5 Å². The summed E-state index contributed by atoms with van der Waals surface area (Å²) in [5.74, 6) is 2.19. The summed E-state index contributed by atoms with van der Waals surface area (Å²) >= 11 is 0. The van der Waals surface area contributed by atoms with E-state index in [1.807, 2.05) is 30.1 Å². The van der Waals surface area contributed by atoms with Gasteiger partial charge >= 0.3 is 0 Å². The maximum atomic E-state index is 12.1. The summed E-state index contributed by atoms with van der Waals surface area (Å²) in [4.78, 5) is 16.3. The van der Waals surface area contributed by atoms with Gasteiger partial charge in [0.25, 0.3) is 0 Å². The Balaban J connectivity index is 1.74. The molecule has 2 aliphatic rings. The van der Waals surface area contributed by atoms with E-state index in [9.17, 15) is 4.79 Å². The van der Waals surface area contributed by atoms with E-state index >= 15 is 0 Å². The van der Waals surface area contributed by atoms with Crippen LogP contribution in [0, 0.1) is 5.92 Å². The lowest BCUT2D eigenvalue weighted by Gasteiger charge is -2.41. The molecule has 0 saturated carbocycles. The van der Waals surface area contributed by atoms with Crippen molar-refractivity contribution < 1.29 is 19.0 Å². The van der Waals surface area contributed by atoms with Crippen LogP contribution in [0.3, 0.4) is 0 Å². The minimum absolute atomic E-state index is 0.0725. The molecule has 2 atom stereocenters. The molecule has 0 aliphatic carbocycles. The van der Waals surface area contributed by atoms with Crippen molar-refractivity contribution in [2.45, 2.75) is 19.0 Å². The van der Waals surface area contributed by atoms with Crippen LogP contribution in [0.1, 0.15) is 12.0 Å². The Morgan fingerprint density at radius 2 is 2.12 bits per heavy atom. The maximum Gasteiger partial charge on any atom is 0.248 e. The number of likely N-dealkylation sites (tertiary alicyclic amines) is 1. The van der Waals surface area contributed by atoms with Crippen molar-refractivity contribution in [1.29, 1.82) is 0 Å². The van der Waals surface area contributed by atoms with Crippen LogP contribution >= 0.6 is 0 Å². The number of carbonyl (C=O) groups is 1. The van der Waals surface area contributed by atoms with Crippen LogP contribution in [-0.4, -0.2) is 69.3 Å². The molecule has 1 aromatic carbocycles. The highest BCUT2D eigenvalue weighted by molar-refractivity contribution is 5.77. The average Bonchev–Trinajstić information content (AvgIpc) is 2.74. The standard InChI is InChI=1S/C18H26N2O4/c1-19-16-10-20(7-6-13(16)11-24-12-18(19)21)9-14-8-15(22-2)4-5-17(14)23-3/h4-5,8,13,16H,6-7,9-12H2,1-3H3/t13-,16-/m0/s1. The second-order valence-electron chi connectivity index (χ2n) is 6.55. The topological polar surface area (TPSA) is 51.2 Å². The monoisotopic (exact) mass is 334 g/mol. The second kappa shape index (κ2) is 7.40. The summed E-state index contributed by atoms with van der Waals surface area (Å²) in [6, 6.07) is 6.08. The SMILES string of the molecule is COc1ccc(OC)c(CN2CC[C@H]3COCC(=O)N(C)[C@H]3C2)c1. The molecule has 2 aliphatic heterocycles. The third-order valence-electron chi connectivity index (χ3n) is 5.14. The van der Waals surface area contributed by atoms with E-state index in [-0.39, 0.29) is 18.6 Å². The van der Waals surface area contributed by atoms with Crippen molar-refractivity contribution >= 4 is 5.91 Å². The molecule has 2 saturated heterocycles. The number of carbonyl (C=O) groups excluding carboxylic acids is 1. The van der Waals surface area contributed by atoms with Crippen LogP contribution in [0.4, 0.5) is 0 Å². The fraction of sp³-hybridized carbons (Fsp3) is 0.611. The van der Waals surface area contributed by atoms with Crippen LogP contribution in [-0.2, 0) is 16.1 Å². The van der Waals surface area contributed by atoms with E-state index in [4.69, 9.17) is 14.2 Å². The molecular weight excluding hydrogens is 308 g/mol. The summed E-state index contributed by atoms with van der Waals surface area (Å²) in [5.41, 5.74) is 1.11. The van der Waals surface area contributed by atoms with Crippen molar-refractivity contribution in [3.05, 3.63) is 23.8 Å². The van der Waals surface area contributed by atoms with Gasteiger partial charge in [0.15, 0.2) is 0 Å². The third kappa shape index (κ3) is 3.49. The van der Waals surface area contributed by atoms with Crippen LogP contribution in [0.25, 0.3) is 0 Å². The van der Waals surface area contributed by atoms with Gasteiger partial charge in [-0.25, -0.2) is 0 Å². The van der Waals surface area contributed by atoms with Gasteiger partial charge in [0.1, 0.15) is 18.1 Å². The number of ether oxygens (including phenoxy) is 3. The zero-order valence-corrected chi connectivity index (χ0v) is 14.7. The molecule has 132 valence electrons. The number of methoxy groups -OCH3 is 2. The molecule has 1 aromatic rings. The predicted molar refractivity (Wildman–Crippen MR) is 90.3 cm³/mol. The van der Waals surface area contributed by atoms with E-state index in [1.165, 1.54) is 0 Å². The molecule has 0 N–H and O–H groups in total. The molecule has 24 heavy (non-hydrogen) atoms. The maximum absolute atomic E-state index is 12.1. The number of piperidine rings is 1. The summed E-state index contributed by atoms with van der Waals surface area (Å²) in [5, 5.41) is 0. The summed E-state index contributed by atoms with van der Waals surface area (Å²) in [6.07, 6.45) is 1.04. The number of benzene rings is 1. The van der Waals surface area contributed by atoms with Gasteiger partial charge in [-0.15, -0.1) is 0 Å². The first kappa shape index (κ1) is 17.0. The fourth-order valence-electron chi connectivity index (χ4n) is 3.65. The number of hydrogen-bond acceptors (Lipinski definition) is 5. The van der Waals surface area contributed by atoms with Crippen LogP contribution in [0.5, 0.6) is 11.5 Å². The van der Waals surface area contributed by atoms with E-state index in [2.05, 4.69) is 4.90 Å². The summed E-state index contributed by atoms with van der Waals surface area (Å²) in [7, 11) is 5.25. The predicted octanol–water partition coefficient (Wildman–Crippen LogP) is 1.38. The lowest BCUT2D eigenvalue weighted by atomic mass is 9.91. The highest BCUT2D eigenvalue weighted by Gasteiger charge is 2.36. The molecule has 0 aromatic heterocycles. The van der Waals surface area contributed by atoms with E-state index in [0.717, 1.165) is 43.1 Å². The zero-order chi connectivity index (χ0) is 17.1. The Kier molecular flexibility index (Phi) is 5.26. The average molecular weight is 334 g/mol. The zero-order valence-electron chi connectivity index (χ0n) is 14.7. The largest absolute Gasteiger partial charge is 0.497 e. The number of hydrogen-bond donors (Lipinski definition) is 0. The van der Waals surface area contributed by atoms with Crippen molar-refractivity contribution in [2.24, 2.45) is 5.92 Å². The third-order valence-corrected chi connectivity index (χ3v) is 5.14. The molecule has 6 nitrogen and oxygen atoms in total. The Bertz CT molecular complexity index is 592. The highest BCUT2D eigenvalue weighted by atomic mass is 16.5. The lowest BCUT2D eigenvalue weighted by molar-refractivity contribution is -0.134. The normalized spacial score (nSPS) is 25.1. The first-order valence-corrected chi connectivity index (χ1v) is 8.39. The van der Waals surface area contributed by atoms with Crippen LogP contribution < -0.4 is 9.47 Å². The molecular formula is C18H26N2O4. The number of nitrogens with zero attached hydrogens (tertiary/aromatic N) is 2. The molecule has 0 radical (unpaired) electrons. The van der Waals surface area contributed by atoms with Gasteiger partial charge in [-0.3, -0.25) is 9.69 Å². The smallest absolute Gasteiger partial charge is 0.248 e. The molecule has 6 heteroatoms. The van der Waals surface area contributed by atoms with E-state index in [1.54, 1.807) is 14.2 Å². The van der Waals surface area contributed by atoms with Gasteiger partial charge in [0, 0.05) is 37.7 Å². The molecule has 0 unspecified atom stereocenters. The first-order chi connectivity index (χ1) is 11.6. The first-order valence-electron chi connectivity index (χ1n) is 8.39. The molecule has 0 bridgehead atoms. The fourth-order valence-corrected chi connectivity index (χ4v) is 3.65. The second-order valence-corrected chi connectivity index (χ2v) is 6.55. The van der Waals surface area contributed by atoms with Crippen molar-refractivity contribution in [1.82, 2.24) is 9.80 Å². The molecule has 3 rings (SSSR count). The summed E-state index contributed by atoms with van der Waals surface area (Å²) < 4.78 is 16.3. The van der Waals surface area contributed by atoms with Crippen LogP contribution in [0.15, 0.2) is 18.2 Å². The van der Waals surface area contributed by atoms with E-state index in [0.29, 0.717) is 12.5 Å². The van der Waals surface area contributed by atoms with Gasteiger partial charge in [-0.05, 0) is 31.2 Å². The number of amides is 1. The van der Waals surface area contributed by atoms with Crippen LogP contribution in [0.2, 0.25) is 0 Å². The number of fused-ring (bicyclic) bond motifs is 1. The van der Waals surface area contributed by atoms with Gasteiger partial charge in [-0.1, -0.05) is 0 Å². The molecule has 1 amide bonds.